The molecule has 0 unspecified atom stereocenters. The maximum Gasteiger partial charge on any atom is 0.124 e. The molecule has 0 heterocycles. The van der Waals surface area contributed by atoms with Crippen LogP contribution in [0.5, 0.6) is 11.5 Å². The van der Waals surface area contributed by atoms with Crippen LogP contribution in [0.15, 0.2) is 301 Å². The molecule has 0 N–H and O–H groups in total. The fourth-order valence-electron chi connectivity index (χ4n) is 11.8. The first-order valence-electron chi connectivity index (χ1n) is 27.7. The number of hydrogen-bond acceptors (Lipinski definition) is 8. The Morgan fingerprint density at radius 1 is 0.198 bits per heavy atom. The van der Waals surface area contributed by atoms with Crippen LogP contribution in [0.4, 0.5) is 0 Å². The van der Waals surface area contributed by atoms with Gasteiger partial charge < -0.3 is 19.3 Å². The summed E-state index contributed by atoms with van der Waals surface area (Å²) >= 11 is 0. The monoisotopic (exact) mass is 1150 g/mol. The van der Waals surface area contributed by atoms with Crippen molar-refractivity contribution in [2.24, 2.45) is 0 Å². The van der Waals surface area contributed by atoms with Crippen LogP contribution < -0.4 is 10.2 Å². The summed E-state index contributed by atoms with van der Waals surface area (Å²) in [4.78, 5) is -0.530. The summed E-state index contributed by atoms with van der Waals surface area (Å²) in [5, 5.41) is 32.1. The highest BCUT2D eigenvalue weighted by Gasteiger charge is 2.19. The Morgan fingerprint density at radius 3 is 0.593 bits per heavy atom. The van der Waals surface area contributed by atoms with Crippen LogP contribution in [-0.4, -0.2) is 25.9 Å². The fraction of sp³-hybridized carbons (Fsp3) is 0. The van der Waals surface area contributed by atoms with Crippen LogP contribution in [0.25, 0.3) is 132 Å². The van der Waals surface area contributed by atoms with Crippen molar-refractivity contribution >= 4 is 63.3 Å². The topological polar surface area (TPSA) is 161 Å². The van der Waals surface area contributed by atoms with Gasteiger partial charge in [-0.15, -0.1) is 11.5 Å². The molecule has 0 saturated heterocycles. The van der Waals surface area contributed by atoms with Crippen molar-refractivity contribution in [3.05, 3.63) is 291 Å². The van der Waals surface area contributed by atoms with E-state index in [1.54, 1.807) is 48.5 Å². The van der Waals surface area contributed by atoms with Gasteiger partial charge in [0.25, 0.3) is 0 Å². The van der Waals surface area contributed by atoms with E-state index in [0.29, 0.717) is 11.1 Å². The second-order valence-corrected chi connectivity index (χ2v) is 23.8. The van der Waals surface area contributed by atoms with Crippen molar-refractivity contribution < 1.29 is 36.2 Å². The van der Waals surface area contributed by atoms with Crippen LogP contribution in [0.1, 0.15) is 0 Å². The first kappa shape index (κ1) is 54.8. The summed E-state index contributed by atoms with van der Waals surface area (Å²) in [5.41, 5.74) is 15.9. The third kappa shape index (κ3) is 10.8. The van der Waals surface area contributed by atoms with Gasteiger partial charge in [0.1, 0.15) is 20.2 Å². The molecule has 0 aliphatic carbocycles. The van der Waals surface area contributed by atoms with Crippen LogP contribution in [0.3, 0.4) is 0 Å². The lowest BCUT2D eigenvalue weighted by Gasteiger charge is -2.18. The molecule has 10 heteroatoms. The average molecular weight is 1150 g/mol. The van der Waals surface area contributed by atoms with Crippen LogP contribution >= 0.6 is 0 Å². The lowest BCUT2D eigenvalue weighted by molar-refractivity contribution is -0.268. The van der Waals surface area contributed by atoms with Gasteiger partial charge in [0, 0.05) is 0 Å². The quantitative estimate of drug-likeness (QED) is 0.0966. The highest BCUT2D eigenvalue weighted by Crippen LogP contribution is 2.46. The van der Waals surface area contributed by atoms with E-state index in [1.807, 2.05) is 97.1 Å². The Balaban J connectivity index is 0.000000161. The normalized spacial score (nSPS) is 11.7. The first-order valence-corrected chi connectivity index (χ1v) is 30.5. The molecule has 0 bridgehead atoms. The lowest BCUT2D eigenvalue weighted by atomic mass is 9.85. The van der Waals surface area contributed by atoms with Crippen molar-refractivity contribution in [2.45, 2.75) is 9.79 Å². The molecule has 0 spiro atoms. The van der Waals surface area contributed by atoms with E-state index < -0.39 is 20.2 Å². The van der Waals surface area contributed by atoms with Gasteiger partial charge in [0.05, 0.1) is 9.79 Å². The Hall–Kier alpha value is -10.5. The molecule has 0 radical (unpaired) electrons. The Morgan fingerprint density at radius 2 is 0.384 bits per heavy atom. The molecule has 416 valence electrons. The second-order valence-electron chi connectivity index (χ2n) is 21.0. The Labute approximate surface area is 498 Å². The SMILES string of the molecule is O=S(=O)([O-])c1cccc(-c2ccc(-c3c4ccccc4c(-c4ccc(-c5cccc(S(=O)(=O)[O-])c5)cc4)c4ccccc34)cc2)c1.[O-]c1ccc(-c2ccc(-c3c4ccccc4c(-c4ccc(-c5ccc([O-])cc5)cc4)c4ccccc34)cc2)cc1. The van der Waals surface area contributed by atoms with E-state index in [2.05, 4.69) is 121 Å². The molecule has 14 aromatic rings. The molecule has 86 heavy (non-hydrogen) atoms. The third-order valence-corrected chi connectivity index (χ3v) is 17.5. The molecule has 0 fully saturated rings. The van der Waals surface area contributed by atoms with Crippen LogP contribution in [-0.2, 0) is 20.2 Å². The zero-order valence-corrected chi connectivity index (χ0v) is 47.4. The van der Waals surface area contributed by atoms with Gasteiger partial charge in [-0.2, -0.15) is 0 Å². The summed E-state index contributed by atoms with van der Waals surface area (Å²) in [6, 6.07) is 92.6. The minimum Gasteiger partial charge on any atom is -0.872 e. The lowest BCUT2D eigenvalue weighted by Crippen LogP contribution is -1.98. The Kier molecular flexibility index (Phi) is 14.4. The van der Waals surface area contributed by atoms with Gasteiger partial charge in [-0.25, -0.2) is 16.8 Å². The van der Waals surface area contributed by atoms with E-state index >= 15 is 0 Å². The van der Waals surface area contributed by atoms with Crippen molar-refractivity contribution in [2.75, 3.05) is 0 Å². The van der Waals surface area contributed by atoms with E-state index in [4.69, 9.17) is 0 Å². The molecule has 0 saturated carbocycles. The van der Waals surface area contributed by atoms with Crippen molar-refractivity contribution in [3.63, 3.8) is 0 Å². The largest absolute Gasteiger partial charge is 0.872 e. The Bertz CT molecular complexity index is 4690. The maximum absolute atomic E-state index is 11.6. The van der Waals surface area contributed by atoms with Crippen molar-refractivity contribution in [3.8, 4) is 101 Å². The molecule has 14 aromatic carbocycles. The molecule has 0 amide bonds. The van der Waals surface area contributed by atoms with E-state index in [-0.39, 0.29) is 21.3 Å². The van der Waals surface area contributed by atoms with Crippen LogP contribution in [0.2, 0.25) is 0 Å². The zero-order valence-electron chi connectivity index (χ0n) is 45.8. The summed E-state index contributed by atoms with van der Waals surface area (Å²) in [7, 11) is -9.13. The standard InChI is InChI=1S/C38H26O6S2.C38H26O2/c39-45(40,41)31-9-5-7-29(23-31)25-15-19-27(20-16-25)37-33-11-1-2-12-34(33)38(36-14-4-3-13-35(36)37)28-21-17-26(18-22-28)30-8-6-10-32(24-30)46(42,43)44;39-31-21-17-27(18-22-31)25-9-13-29(14-10-25)37-33-5-1-2-6-34(33)38(36-8-4-3-7-35(36)37)30-15-11-26(12-16-30)28-19-23-32(40)24-20-28/h1-24H,(H,39,40,41)(H,42,43,44);1-24,39-40H/p-4. The number of fused-ring (bicyclic) bond motifs is 4. The minimum absolute atomic E-state index is 0.0194. The summed E-state index contributed by atoms with van der Waals surface area (Å²) in [5.74, 6) is 0.0388. The molecule has 0 aliphatic rings. The molecule has 8 nitrogen and oxygen atoms in total. The third-order valence-electron chi connectivity index (χ3n) is 15.8. The highest BCUT2D eigenvalue weighted by molar-refractivity contribution is 7.86. The smallest absolute Gasteiger partial charge is 0.124 e. The first-order chi connectivity index (χ1) is 41.7. The minimum atomic E-state index is -4.57. The summed E-state index contributed by atoms with van der Waals surface area (Å²) < 4.78 is 69.5. The summed E-state index contributed by atoms with van der Waals surface area (Å²) in [6.45, 7) is 0. The predicted molar refractivity (Wildman–Crippen MR) is 341 cm³/mol. The highest BCUT2D eigenvalue weighted by atomic mass is 32.2. The molecule has 14 rings (SSSR count). The number of rotatable bonds is 10. The van der Waals surface area contributed by atoms with Gasteiger partial charge >= 0.3 is 0 Å². The summed E-state index contributed by atoms with van der Waals surface area (Å²) in [6.07, 6.45) is 0. The molecule has 0 aromatic heterocycles. The van der Waals surface area contributed by atoms with E-state index in [9.17, 15) is 36.2 Å². The molecular weight excluding hydrogens is 1100 g/mol. The number of hydrogen-bond donors (Lipinski definition) is 0. The second kappa shape index (κ2) is 22.6. The van der Waals surface area contributed by atoms with Gasteiger partial charge in [-0.05, 0) is 156 Å². The maximum atomic E-state index is 11.6. The van der Waals surface area contributed by atoms with Crippen LogP contribution in [0, 0.1) is 0 Å². The van der Waals surface area contributed by atoms with Gasteiger partial charge in [0.15, 0.2) is 0 Å². The predicted octanol–water partition coefficient (Wildman–Crippen LogP) is 17.3. The molecule has 0 atom stereocenters. The van der Waals surface area contributed by atoms with E-state index in [0.717, 1.165) is 88.3 Å². The number of benzene rings is 14. The zero-order chi connectivity index (χ0) is 59.1. The van der Waals surface area contributed by atoms with Gasteiger partial charge in [0.2, 0.25) is 0 Å². The van der Waals surface area contributed by atoms with Crippen molar-refractivity contribution in [1.29, 1.82) is 0 Å². The van der Waals surface area contributed by atoms with Gasteiger partial charge in [-0.1, -0.05) is 267 Å². The van der Waals surface area contributed by atoms with E-state index in [1.165, 1.54) is 56.9 Å². The molecule has 0 aliphatic heterocycles. The fourth-order valence-corrected chi connectivity index (χ4v) is 12.8. The van der Waals surface area contributed by atoms with Crippen molar-refractivity contribution in [1.82, 2.24) is 0 Å². The molecular formula is C76H48O8S2-4. The van der Waals surface area contributed by atoms with Gasteiger partial charge in [-0.3, -0.25) is 0 Å². The average Bonchev–Trinajstić information content (AvgIpc) is 0.865.